The molecule has 0 aliphatic rings. The first-order valence-electron chi connectivity index (χ1n) is 7.74. The van der Waals surface area contributed by atoms with Crippen LogP contribution in [0, 0.1) is 0 Å². The minimum absolute atomic E-state index is 0.352. The Kier molecular flexibility index (Phi) is 6.57. The fraction of sp³-hybridized carbons (Fsp3) is 0.375. The maximum absolute atomic E-state index is 12.4. The number of benzene rings is 1. The summed E-state index contributed by atoms with van der Waals surface area (Å²) in [5, 5.41) is 7.74. The van der Waals surface area contributed by atoms with Crippen LogP contribution in [0.4, 0.5) is 10.5 Å². The molecule has 0 bridgehead atoms. The number of carbonyl (C=O) groups excluding carboxylic acids is 2. The van der Waals surface area contributed by atoms with Crippen LogP contribution in [0.25, 0.3) is 10.9 Å². The van der Waals surface area contributed by atoms with Crippen LogP contribution >= 0.6 is 28.4 Å². The zero-order valence-corrected chi connectivity index (χ0v) is 18.4. The van der Waals surface area contributed by atoms with E-state index in [9.17, 15) is 9.59 Å². The molecule has 0 aliphatic carbocycles. The van der Waals surface area contributed by atoms with Crippen LogP contribution in [0.1, 0.15) is 31.1 Å². The first-order valence-corrected chi connectivity index (χ1v) is 11.8. The maximum Gasteiger partial charge on any atom is 0.412 e. The number of ether oxygens (including phenoxy) is 1. The van der Waals surface area contributed by atoms with E-state index in [1.165, 1.54) is 6.34 Å². The monoisotopic (exact) mass is 489 g/mol. The molecule has 0 radical (unpaired) electrons. The molecule has 8 nitrogen and oxygen atoms in total. The molecule has 0 fully saturated rings. The summed E-state index contributed by atoms with van der Waals surface area (Å²) in [7, 11) is 3.56. The van der Waals surface area contributed by atoms with Gasteiger partial charge in [-0.1, -0.05) is 0 Å². The molecule has 2 aromatic rings. The lowest BCUT2D eigenvalue weighted by Crippen LogP contribution is -2.27. The molecule has 10 heteroatoms. The molecule has 1 heterocycles. The summed E-state index contributed by atoms with van der Waals surface area (Å²) < 4.78 is 7.07. The van der Waals surface area contributed by atoms with Crippen molar-refractivity contribution in [1.29, 1.82) is 0 Å². The normalized spacial score (nSPS) is 12.2. The second-order valence-electron chi connectivity index (χ2n) is 6.74. The number of amides is 2. The lowest BCUT2D eigenvalue weighted by Gasteiger charge is -2.20. The van der Waals surface area contributed by atoms with E-state index < -0.39 is 17.6 Å². The summed E-state index contributed by atoms with van der Waals surface area (Å²) in [6.07, 6.45) is 2.85. The SMILES string of the molecule is CN(C)/C=N/C(=O)c1cc(NC(=O)OC(C)(C)C)c2cnn(PI)c2c1. The molecular formula is C16H21IN5O3P. The van der Waals surface area contributed by atoms with Crippen LogP contribution < -0.4 is 5.32 Å². The van der Waals surface area contributed by atoms with Crippen molar-refractivity contribution < 1.29 is 14.3 Å². The van der Waals surface area contributed by atoms with Crippen molar-refractivity contribution in [2.24, 2.45) is 4.99 Å². The van der Waals surface area contributed by atoms with E-state index >= 15 is 0 Å². The van der Waals surface area contributed by atoms with Crippen molar-refractivity contribution in [2.75, 3.05) is 19.4 Å². The van der Waals surface area contributed by atoms with Crippen molar-refractivity contribution in [3.63, 3.8) is 0 Å². The number of carbonyl (C=O) groups is 2. The lowest BCUT2D eigenvalue weighted by molar-refractivity contribution is 0.0636. The molecule has 2 amide bonds. The highest BCUT2D eigenvalue weighted by Crippen LogP contribution is 2.33. The standard InChI is InChI=1S/C16H21IN5O3P/c1-16(2,3)25-15(24)20-12-6-10(14(23)18-9-21(4)5)7-13-11(12)8-19-22(13)26-17/h6-9,26H,1-5H3,(H,20,24)/b18-9+. The Morgan fingerprint density at radius 1 is 1.38 bits per heavy atom. The van der Waals surface area contributed by atoms with E-state index in [1.807, 2.05) is 0 Å². The van der Waals surface area contributed by atoms with Crippen molar-refractivity contribution in [3.05, 3.63) is 23.9 Å². The Balaban J connectivity index is 2.45. The molecule has 1 N–H and O–H groups in total. The molecule has 0 saturated carbocycles. The van der Waals surface area contributed by atoms with Crippen molar-refractivity contribution >= 4 is 63.3 Å². The summed E-state index contributed by atoms with van der Waals surface area (Å²) in [5.41, 5.74) is 0.939. The molecule has 1 unspecified atom stereocenters. The number of nitrogens with one attached hydrogen (secondary N) is 1. The second-order valence-corrected chi connectivity index (χ2v) is 8.78. The number of aliphatic imine (C=N–C) groups is 1. The van der Waals surface area contributed by atoms with Gasteiger partial charge in [-0.05, 0) is 54.9 Å². The third-order valence-electron chi connectivity index (χ3n) is 3.06. The highest BCUT2D eigenvalue weighted by Gasteiger charge is 2.19. The number of hydrogen-bond donors (Lipinski definition) is 1. The maximum atomic E-state index is 12.4. The summed E-state index contributed by atoms with van der Waals surface area (Å²) in [5.74, 6) is -0.405. The summed E-state index contributed by atoms with van der Waals surface area (Å²) >= 11 is 2.20. The highest BCUT2D eigenvalue weighted by molar-refractivity contribution is 14.2. The van der Waals surface area contributed by atoms with E-state index in [1.54, 1.807) is 62.5 Å². The van der Waals surface area contributed by atoms with Gasteiger partial charge in [0.25, 0.3) is 5.91 Å². The van der Waals surface area contributed by atoms with Gasteiger partial charge in [0, 0.05) is 25.0 Å². The van der Waals surface area contributed by atoms with Crippen LogP contribution in [0.15, 0.2) is 23.3 Å². The van der Waals surface area contributed by atoms with Crippen LogP contribution in [0.2, 0.25) is 0 Å². The average molecular weight is 489 g/mol. The van der Waals surface area contributed by atoms with Gasteiger partial charge in [-0.2, -0.15) is 10.1 Å². The number of hydrogen-bond acceptors (Lipinski definition) is 4. The van der Waals surface area contributed by atoms with E-state index in [0.717, 1.165) is 10.9 Å². The van der Waals surface area contributed by atoms with Gasteiger partial charge >= 0.3 is 6.09 Å². The van der Waals surface area contributed by atoms with Gasteiger partial charge in [0.2, 0.25) is 0 Å². The molecule has 1 atom stereocenters. The summed E-state index contributed by atoms with van der Waals surface area (Å²) in [6.45, 7) is 5.36. The largest absolute Gasteiger partial charge is 0.444 e. The van der Waals surface area contributed by atoms with Gasteiger partial charge in [0.1, 0.15) is 5.60 Å². The Labute approximate surface area is 166 Å². The van der Waals surface area contributed by atoms with Crippen molar-refractivity contribution in [3.8, 4) is 0 Å². The minimum atomic E-state index is -0.625. The number of halogens is 1. The third kappa shape index (κ3) is 5.38. The quantitative estimate of drug-likeness (QED) is 0.305. The zero-order valence-electron chi connectivity index (χ0n) is 15.2. The van der Waals surface area contributed by atoms with Gasteiger partial charge in [0.05, 0.1) is 30.1 Å². The zero-order chi connectivity index (χ0) is 19.5. The molecule has 26 heavy (non-hydrogen) atoms. The summed E-state index contributed by atoms with van der Waals surface area (Å²) in [6, 6.07) is 3.31. The fourth-order valence-electron chi connectivity index (χ4n) is 2.08. The second kappa shape index (κ2) is 8.30. The van der Waals surface area contributed by atoms with Gasteiger partial charge in [-0.3, -0.25) is 10.1 Å². The smallest absolute Gasteiger partial charge is 0.412 e. The number of fused-ring (bicyclic) bond motifs is 1. The van der Waals surface area contributed by atoms with E-state index in [0.29, 0.717) is 17.6 Å². The number of rotatable bonds is 4. The molecule has 0 spiro atoms. The fourth-order valence-corrected chi connectivity index (χ4v) is 3.61. The first-order chi connectivity index (χ1) is 12.1. The van der Waals surface area contributed by atoms with E-state index in [2.05, 4.69) is 37.4 Å². The third-order valence-corrected chi connectivity index (χ3v) is 4.94. The molecule has 1 aromatic carbocycles. The Morgan fingerprint density at radius 3 is 2.65 bits per heavy atom. The lowest BCUT2D eigenvalue weighted by atomic mass is 10.1. The number of anilines is 1. The first kappa shape index (κ1) is 20.6. The number of nitrogens with zero attached hydrogens (tertiary/aromatic N) is 4. The van der Waals surface area contributed by atoms with Gasteiger partial charge in [-0.25, -0.2) is 9.25 Å². The molecule has 2 rings (SSSR count). The van der Waals surface area contributed by atoms with Crippen molar-refractivity contribution in [1.82, 2.24) is 14.5 Å². The van der Waals surface area contributed by atoms with Gasteiger partial charge in [-0.15, -0.1) is 0 Å². The topological polar surface area (TPSA) is 88.8 Å². The van der Waals surface area contributed by atoms with E-state index in [4.69, 9.17) is 4.74 Å². The highest BCUT2D eigenvalue weighted by atomic mass is 127. The Hall–Kier alpha value is -1.74. The molecule has 140 valence electrons. The minimum Gasteiger partial charge on any atom is -0.444 e. The molecular weight excluding hydrogens is 468 g/mol. The van der Waals surface area contributed by atoms with Gasteiger partial charge in [0.15, 0.2) is 0 Å². The molecule has 1 aromatic heterocycles. The van der Waals surface area contributed by atoms with Gasteiger partial charge < -0.3 is 9.64 Å². The van der Waals surface area contributed by atoms with Crippen LogP contribution in [0.3, 0.4) is 0 Å². The molecule has 0 aliphatic heterocycles. The Bertz CT molecular complexity index is 857. The Morgan fingerprint density at radius 2 is 2.08 bits per heavy atom. The predicted molar refractivity (Wildman–Crippen MR) is 114 cm³/mol. The average Bonchev–Trinajstić information content (AvgIpc) is 2.93. The van der Waals surface area contributed by atoms with Crippen LogP contribution in [-0.4, -0.2) is 52.5 Å². The van der Waals surface area contributed by atoms with Crippen LogP contribution in [0.5, 0.6) is 0 Å². The summed E-state index contributed by atoms with van der Waals surface area (Å²) in [4.78, 5) is 30.1. The number of aromatic nitrogens is 2. The van der Waals surface area contributed by atoms with Crippen molar-refractivity contribution in [2.45, 2.75) is 26.4 Å². The predicted octanol–water partition coefficient (Wildman–Crippen LogP) is 3.91. The molecule has 0 saturated heterocycles. The van der Waals surface area contributed by atoms with E-state index in [-0.39, 0.29) is 0 Å². The van der Waals surface area contributed by atoms with Crippen LogP contribution in [-0.2, 0) is 4.74 Å².